The minimum atomic E-state index is -0.827. The second kappa shape index (κ2) is 5.51. The molecule has 1 rings (SSSR count). The van der Waals surface area contributed by atoms with Crippen molar-refractivity contribution < 1.29 is 14.6 Å². The van der Waals surface area contributed by atoms with E-state index >= 15 is 0 Å². The van der Waals surface area contributed by atoms with E-state index in [0.717, 1.165) is 5.56 Å². The van der Waals surface area contributed by atoms with Crippen LogP contribution in [0.1, 0.15) is 30.6 Å². The molecule has 0 aliphatic heterocycles. The van der Waals surface area contributed by atoms with Crippen LogP contribution in [0.15, 0.2) is 24.3 Å². The molecule has 0 saturated heterocycles. The SMILES string of the molecule is Cc1cccc(C(C)OCCC(=O)O)c1. The van der Waals surface area contributed by atoms with Gasteiger partial charge in [-0.3, -0.25) is 4.79 Å². The molecule has 1 unspecified atom stereocenters. The number of benzene rings is 1. The first-order chi connectivity index (χ1) is 7.09. The lowest BCUT2D eigenvalue weighted by Crippen LogP contribution is -2.06. The van der Waals surface area contributed by atoms with Crippen LogP contribution in [0.5, 0.6) is 0 Å². The van der Waals surface area contributed by atoms with Gasteiger partial charge in [0.1, 0.15) is 0 Å². The highest BCUT2D eigenvalue weighted by Gasteiger charge is 2.06. The van der Waals surface area contributed by atoms with Gasteiger partial charge in [-0.2, -0.15) is 0 Å². The molecule has 1 aromatic rings. The normalized spacial score (nSPS) is 12.4. The van der Waals surface area contributed by atoms with Crippen molar-refractivity contribution in [2.75, 3.05) is 6.61 Å². The summed E-state index contributed by atoms with van der Waals surface area (Å²) in [5.41, 5.74) is 2.27. The van der Waals surface area contributed by atoms with Gasteiger partial charge in [0, 0.05) is 0 Å². The molecule has 0 saturated carbocycles. The predicted octanol–water partition coefficient (Wildman–Crippen LogP) is 2.55. The molecule has 0 heterocycles. The van der Waals surface area contributed by atoms with E-state index in [1.54, 1.807) is 0 Å². The zero-order valence-electron chi connectivity index (χ0n) is 9.06. The Balaban J connectivity index is 2.46. The van der Waals surface area contributed by atoms with E-state index in [2.05, 4.69) is 0 Å². The van der Waals surface area contributed by atoms with Crippen molar-refractivity contribution >= 4 is 5.97 Å². The van der Waals surface area contributed by atoms with Crippen molar-refractivity contribution in [2.45, 2.75) is 26.4 Å². The van der Waals surface area contributed by atoms with Crippen LogP contribution >= 0.6 is 0 Å². The largest absolute Gasteiger partial charge is 0.481 e. The molecule has 0 aliphatic rings. The summed E-state index contributed by atoms with van der Waals surface area (Å²) in [6.07, 6.45) is 0.000121. The highest BCUT2D eigenvalue weighted by atomic mass is 16.5. The third-order valence-electron chi connectivity index (χ3n) is 2.20. The topological polar surface area (TPSA) is 46.5 Å². The first kappa shape index (κ1) is 11.7. The molecule has 0 aliphatic carbocycles. The summed E-state index contributed by atoms with van der Waals surface area (Å²) < 4.78 is 5.41. The maximum atomic E-state index is 10.3. The summed E-state index contributed by atoms with van der Waals surface area (Å²) >= 11 is 0. The summed E-state index contributed by atoms with van der Waals surface area (Å²) in [5, 5.41) is 8.46. The number of aliphatic carboxylic acids is 1. The molecule has 0 spiro atoms. The highest BCUT2D eigenvalue weighted by molar-refractivity contribution is 5.66. The average molecular weight is 208 g/mol. The van der Waals surface area contributed by atoms with Gasteiger partial charge in [0.05, 0.1) is 19.1 Å². The minimum Gasteiger partial charge on any atom is -0.481 e. The van der Waals surface area contributed by atoms with Crippen LogP contribution in [-0.2, 0) is 9.53 Å². The molecule has 0 bridgehead atoms. The number of hydrogen-bond donors (Lipinski definition) is 1. The van der Waals surface area contributed by atoms with E-state index in [9.17, 15) is 4.79 Å². The van der Waals surface area contributed by atoms with Crippen molar-refractivity contribution in [1.29, 1.82) is 0 Å². The third-order valence-corrected chi connectivity index (χ3v) is 2.20. The second-order valence-corrected chi connectivity index (χ2v) is 3.57. The van der Waals surface area contributed by atoms with Crippen LogP contribution in [0.4, 0.5) is 0 Å². The van der Waals surface area contributed by atoms with Gasteiger partial charge in [0.15, 0.2) is 0 Å². The van der Waals surface area contributed by atoms with Gasteiger partial charge in [-0.15, -0.1) is 0 Å². The Morgan fingerprint density at radius 1 is 1.53 bits per heavy atom. The number of ether oxygens (including phenoxy) is 1. The summed E-state index contributed by atoms with van der Waals surface area (Å²) in [4.78, 5) is 10.3. The number of carbonyl (C=O) groups is 1. The Morgan fingerprint density at radius 3 is 2.87 bits per heavy atom. The molecule has 0 fully saturated rings. The molecular weight excluding hydrogens is 192 g/mol. The van der Waals surface area contributed by atoms with Crippen LogP contribution < -0.4 is 0 Å². The molecule has 82 valence electrons. The fourth-order valence-electron chi connectivity index (χ4n) is 1.34. The summed E-state index contributed by atoms with van der Waals surface area (Å²) in [7, 11) is 0. The molecule has 1 N–H and O–H groups in total. The van der Waals surface area contributed by atoms with E-state index in [-0.39, 0.29) is 19.1 Å². The number of hydrogen-bond acceptors (Lipinski definition) is 2. The lowest BCUT2D eigenvalue weighted by molar-refractivity contribution is -0.138. The molecule has 1 atom stereocenters. The van der Waals surface area contributed by atoms with E-state index in [1.807, 2.05) is 38.1 Å². The van der Waals surface area contributed by atoms with E-state index in [4.69, 9.17) is 9.84 Å². The van der Waals surface area contributed by atoms with Crippen LogP contribution in [0.25, 0.3) is 0 Å². The molecular formula is C12H16O3. The molecule has 15 heavy (non-hydrogen) atoms. The van der Waals surface area contributed by atoms with Gasteiger partial charge in [0.2, 0.25) is 0 Å². The van der Waals surface area contributed by atoms with Gasteiger partial charge in [-0.25, -0.2) is 0 Å². The molecule has 0 amide bonds. The summed E-state index contributed by atoms with van der Waals surface area (Å²) in [5.74, 6) is -0.827. The molecule has 1 aromatic carbocycles. The van der Waals surface area contributed by atoms with Crippen molar-refractivity contribution in [1.82, 2.24) is 0 Å². The standard InChI is InChI=1S/C12H16O3/c1-9-4-3-5-11(8-9)10(2)15-7-6-12(13)14/h3-5,8,10H,6-7H2,1-2H3,(H,13,14). The Hall–Kier alpha value is -1.35. The number of rotatable bonds is 5. The Bertz CT molecular complexity index is 333. The number of aryl methyl sites for hydroxylation is 1. The predicted molar refractivity (Wildman–Crippen MR) is 57.8 cm³/mol. The van der Waals surface area contributed by atoms with E-state index < -0.39 is 5.97 Å². The van der Waals surface area contributed by atoms with Crippen LogP contribution in [0, 0.1) is 6.92 Å². The lowest BCUT2D eigenvalue weighted by atomic mass is 10.1. The second-order valence-electron chi connectivity index (χ2n) is 3.57. The zero-order valence-corrected chi connectivity index (χ0v) is 9.06. The van der Waals surface area contributed by atoms with Gasteiger partial charge in [-0.1, -0.05) is 29.8 Å². The van der Waals surface area contributed by atoms with E-state index in [0.29, 0.717) is 0 Å². The maximum Gasteiger partial charge on any atom is 0.305 e. The zero-order chi connectivity index (χ0) is 11.3. The highest BCUT2D eigenvalue weighted by Crippen LogP contribution is 2.17. The van der Waals surface area contributed by atoms with Gasteiger partial charge in [0.25, 0.3) is 0 Å². The smallest absolute Gasteiger partial charge is 0.305 e. The molecule has 0 radical (unpaired) electrons. The molecule has 0 aromatic heterocycles. The van der Waals surface area contributed by atoms with Crippen molar-refractivity contribution in [2.24, 2.45) is 0 Å². The average Bonchev–Trinajstić information content (AvgIpc) is 2.17. The van der Waals surface area contributed by atoms with Crippen molar-refractivity contribution in [3.8, 4) is 0 Å². The first-order valence-electron chi connectivity index (χ1n) is 4.99. The van der Waals surface area contributed by atoms with Gasteiger partial charge in [-0.05, 0) is 19.4 Å². The van der Waals surface area contributed by atoms with Crippen LogP contribution in [0.2, 0.25) is 0 Å². The molecule has 3 nitrogen and oxygen atoms in total. The number of carboxylic acid groups (broad SMARTS) is 1. The van der Waals surface area contributed by atoms with Crippen LogP contribution in [-0.4, -0.2) is 17.7 Å². The fourth-order valence-corrected chi connectivity index (χ4v) is 1.34. The van der Waals surface area contributed by atoms with Crippen molar-refractivity contribution in [3.05, 3.63) is 35.4 Å². The summed E-state index contributed by atoms with van der Waals surface area (Å²) in [6.45, 7) is 4.20. The fraction of sp³-hybridized carbons (Fsp3) is 0.417. The Kier molecular flexibility index (Phi) is 4.31. The first-order valence-corrected chi connectivity index (χ1v) is 4.99. The maximum absolute atomic E-state index is 10.3. The molecule has 3 heteroatoms. The third kappa shape index (κ3) is 4.13. The number of carboxylic acids is 1. The van der Waals surface area contributed by atoms with E-state index in [1.165, 1.54) is 5.56 Å². The minimum absolute atomic E-state index is 0.0516. The van der Waals surface area contributed by atoms with Gasteiger partial charge < -0.3 is 9.84 Å². The lowest BCUT2D eigenvalue weighted by Gasteiger charge is -2.13. The van der Waals surface area contributed by atoms with Crippen LogP contribution in [0.3, 0.4) is 0 Å². The monoisotopic (exact) mass is 208 g/mol. The Labute approximate surface area is 89.7 Å². The van der Waals surface area contributed by atoms with Gasteiger partial charge >= 0.3 is 5.97 Å². The quantitative estimate of drug-likeness (QED) is 0.808. The summed E-state index contributed by atoms with van der Waals surface area (Å²) in [6, 6.07) is 8.03. The van der Waals surface area contributed by atoms with Crippen molar-refractivity contribution in [3.63, 3.8) is 0 Å². The Morgan fingerprint density at radius 2 is 2.27 bits per heavy atom.